The van der Waals surface area contributed by atoms with Crippen LogP contribution in [0.25, 0.3) is 5.57 Å². The van der Waals surface area contributed by atoms with Gasteiger partial charge >= 0.3 is 0 Å². The lowest BCUT2D eigenvalue weighted by atomic mass is 10.0. The maximum Gasteiger partial charge on any atom is 0.278 e. The van der Waals surface area contributed by atoms with E-state index < -0.39 is 0 Å². The molecule has 2 aliphatic heterocycles. The van der Waals surface area contributed by atoms with E-state index in [0.29, 0.717) is 17.7 Å². The molecule has 166 valence electrons. The van der Waals surface area contributed by atoms with Gasteiger partial charge in [0.15, 0.2) is 0 Å². The summed E-state index contributed by atoms with van der Waals surface area (Å²) in [5.41, 5.74) is 3.27. The van der Waals surface area contributed by atoms with E-state index in [2.05, 4.69) is 28.9 Å². The standard InChI is InChI=1S/C26H29N3O3/c1-3-16-29-25(30)23(19-8-14-22(15-9-19)32-4-2)24(26(29)31)27-20-10-12-21(13-11-20)28-17-6-5-7-18-28/h3,8-15,27H,1,4-7,16-18H2,2H3. The number of imide groups is 1. The van der Waals surface area contributed by atoms with Gasteiger partial charge in [0.1, 0.15) is 11.4 Å². The molecular weight excluding hydrogens is 402 g/mol. The van der Waals surface area contributed by atoms with Gasteiger partial charge in [-0.05, 0) is 68.1 Å². The fourth-order valence-corrected chi connectivity index (χ4v) is 4.19. The lowest BCUT2D eigenvalue weighted by Crippen LogP contribution is -2.32. The monoisotopic (exact) mass is 431 g/mol. The molecule has 6 heteroatoms. The number of hydrogen-bond acceptors (Lipinski definition) is 5. The highest BCUT2D eigenvalue weighted by Gasteiger charge is 2.38. The number of ether oxygens (including phenoxy) is 1. The first-order valence-corrected chi connectivity index (χ1v) is 11.2. The highest BCUT2D eigenvalue weighted by Crippen LogP contribution is 2.32. The van der Waals surface area contributed by atoms with Gasteiger partial charge in [0.25, 0.3) is 11.8 Å². The molecule has 0 unspecified atom stereocenters. The van der Waals surface area contributed by atoms with Crippen molar-refractivity contribution >= 4 is 28.8 Å². The molecule has 0 aliphatic carbocycles. The molecule has 2 aliphatic rings. The molecule has 32 heavy (non-hydrogen) atoms. The number of carbonyl (C=O) groups excluding carboxylic acids is 2. The summed E-state index contributed by atoms with van der Waals surface area (Å²) in [4.78, 5) is 29.8. The number of rotatable bonds is 8. The van der Waals surface area contributed by atoms with E-state index >= 15 is 0 Å². The van der Waals surface area contributed by atoms with Crippen molar-refractivity contribution in [2.75, 3.05) is 36.5 Å². The number of piperidine rings is 1. The van der Waals surface area contributed by atoms with Crippen molar-refractivity contribution in [3.8, 4) is 5.75 Å². The zero-order valence-electron chi connectivity index (χ0n) is 18.5. The summed E-state index contributed by atoms with van der Waals surface area (Å²) in [7, 11) is 0. The summed E-state index contributed by atoms with van der Waals surface area (Å²) >= 11 is 0. The molecule has 0 atom stereocenters. The minimum Gasteiger partial charge on any atom is -0.494 e. The molecule has 4 rings (SSSR count). The molecule has 6 nitrogen and oxygen atoms in total. The molecule has 2 aromatic rings. The van der Waals surface area contributed by atoms with Crippen LogP contribution in [-0.2, 0) is 9.59 Å². The summed E-state index contributed by atoms with van der Waals surface area (Å²) < 4.78 is 5.50. The third-order valence-corrected chi connectivity index (χ3v) is 5.79. The lowest BCUT2D eigenvalue weighted by molar-refractivity contribution is -0.136. The van der Waals surface area contributed by atoms with Gasteiger partial charge in [0, 0.05) is 31.0 Å². The zero-order chi connectivity index (χ0) is 22.5. The number of anilines is 2. The van der Waals surface area contributed by atoms with Crippen molar-refractivity contribution in [1.82, 2.24) is 4.90 Å². The topological polar surface area (TPSA) is 61.9 Å². The van der Waals surface area contributed by atoms with Crippen LogP contribution in [-0.4, -0.2) is 43.0 Å². The van der Waals surface area contributed by atoms with Crippen LogP contribution in [0.5, 0.6) is 5.75 Å². The minimum absolute atomic E-state index is 0.164. The number of carbonyl (C=O) groups is 2. The Labute approximate surface area is 189 Å². The van der Waals surface area contributed by atoms with Crippen LogP contribution in [0, 0.1) is 0 Å². The van der Waals surface area contributed by atoms with E-state index in [1.807, 2.05) is 43.3 Å². The highest BCUT2D eigenvalue weighted by molar-refractivity contribution is 6.36. The van der Waals surface area contributed by atoms with E-state index in [-0.39, 0.29) is 24.1 Å². The SMILES string of the molecule is C=CCN1C(=O)C(Nc2ccc(N3CCCCC3)cc2)=C(c2ccc(OCC)cc2)C1=O. The number of amides is 2. The average molecular weight is 432 g/mol. The summed E-state index contributed by atoms with van der Waals surface area (Å²) in [6, 6.07) is 15.3. The number of nitrogens with zero attached hydrogens (tertiary/aromatic N) is 2. The van der Waals surface area contributed by atoms with Gasteiger partial charge in [-0.1, -0.05) is 18.2 Å². The van der Waals surface area contributed by atoms with Crippen LogP contribution in [0.1, 0.15) is 31.7 Å². The second-order valence-electron chi connectivity index (χ2n) is 7.94. The zero-order valence-corrected chi connectivity index (χ0v) is 18.5. The Morgan fingerprint density at radius 2 is 1.66 bits per heavy atom. The van der Waals surface area contributed by atoms with Crippen molar-refractivity contribution in [2.45, 2.75) is 26.2 Å². The lowest BCUT2D eigenvalue weighted by Gasteiger charge is -2.28. The van der Waals surface area contributed by atoms with Crippen LogP contribution in [0.2, 0.25) is 0 Å². The predicted molar refractivity (Wildman–Crippen MR) is 128 cm³/mol. The van der Waals surface area contributed by atoms with E-state index in [4.69, 9.17) is 4.74 Å². The van der Waals surface area contributed by atoms with Crippen LogP contribution in [0.4, 0.5) is 11.4 Å². The van der Waals surface area contributed by atoms with Crippen molar-refractivity contribution in [3.05, 3.63) is 72.4 Å². The molecule has 0 aromatic heterocycles. The fourth-order valence-electron chi connectivity index (χ4n) is 4.19. The van der Waals surface area contributed by atoms with Crippen molar-refractivity contribution < 1.29 is 14.3 Å². The van der Waals surface area contributed by atoms with Crippen LogP contribution >= 0.6 is 0 Å². The van der Waals surface area contributed by atoms with E-state index in [0.717, 1.165) is 24.5 Å². The van der Waals surface area contributed by atoms with Crippen LogP contribution < -0.4 is 15.0 Å². The van der Waals surface area contributed by atoms with Crippen molar-refractivity contribution in [1.29, 1.82) is 0 Å². The number of benzene rings is 2. The molecule has 0 spiro atoms. The normalized spacial score (nSPS) is 16.5. The molecular formula is C26H29N3O3. The van der Waals surface area contributed by atoms with Crippen molar-refractivity contribution in [2.24, 2.45) is 0 Å². The Hall–Kier alpha value is -3.54. The quantitative estimate of drug-likeness (QED) is 0.494. The molecule has 1 N–H and O–H groups in total. The summed E-state index contributed by atoms with van der Waals surface area (Å²) in [6.07, 6.45) is 5.28. The average Bonchev–Trinajstić information content (AvgIpc) is 3.05. The van der Waals surface area contributed by atoms with Gasteiger partial charge in [0.2, 0.25) is 0 Å². The first-order chi connectivity index (χ1) is 15.6. The largest absolute Gasteiger partial charge is 0.494 e. The molecule has 0 saturated carbocycles. The predicted octanol–water partition coefficient (Wildman–Crippen LogP) is 4.45. The molecule has 1 saturated heterocycles. The van der Waals surface area contributed by atoms with E-state index in [9.17, 15) is 9.59 Å². The third kappa shape index (κ3) is 4.40. The van der Waals surface area contributed by atoms with Crippen LogP contribution in [0.15, 0.2) is 66.9 Å². The van der Waals surface area contributed by atoms with Crippen molar-refractivity contribution in [3.63, 3.8) is 0 Å². The first-order valence-electron chi connectivity index (χ1n) is 11.2. The summed E-state index contributed by atoms with van der Waals surface area (Å²) in [5.74, 6) is 0.0461. The molecule has 0 radical (unpaired) electrons. The molecule has 2 amide bonds. The van der Waals surface area contributed by atoms with Gasteiger partial charge in [-0.3, -0.25) is 14.5 Å². The number of nitrogens with one attached hydrogen (secondary N) is 1. The van der Waals surface area contributed by atoms with E-state index in [1.54, 1.807) is 6.08 Å². The molecule has 0 bridgehead atoms. The Morgan fingerprint density at radius 3 is 2.28 bits per heavy atom. The Kier molecular flexibility index (Phi) is 6.59. The van der Waals surface area contributed by atoms with Crippen LogP contribution in [0.3, 0.4) is 0 Å². The van der Waals surface area contributed by atoms with Gasteiger partial charge in [0.05, 0.1) is 12.2 Å². The summed E-state index contributed by atoms with van der Waals surface area (Å²) in [6.45, 7) is 8.47. The molecule has 2 heterocycles. The maximum atomic E-state index is 13.1. The Bertz CT molecular complexity index is 1020. The Balaban J connectivity index is 1.63. The third-order valence-electron chi connectivity index (χ3n) is 5.79. The smallest absolute Gasteiger partial charge is 0.278 e. The highest BCUT2D eigenvalue weighted by atomic mass is 16.5. The second-order valence-corrected chi connectivity index (χ2v) is 7.94. The maximum absolute atomic E-state index is 13.1. The van der Waals surface area contributed by atoms with E-state index in [1.165, 1.54) is 29.8 Å². The summed E-state index contributed by atoms with van der Waals surface area (Å²) in [5, 5.41) is 3.21. The number of hydrogen-bond donors (Lipinski definition) is 1. The molecule has 2 aromatic carbocycles. The Morgan fingerprint density at radius 1 is 0.969 bits per heavy atom. The van der Waals surface area contributed by atoms with Gasteiger partial charge in [-0.2, -0.15) is 0 Å². The van der Waals surface area contributed by atoms with Gasteiger partial charge in [-0.25, -0.2) is 0 Å². The minimum atomic E-state index is -0.348. The van der Waals surface area contributed by atoms with Gasteiger partial charge < -0.3 is 15.0 Å². The van der Waals surface area contributed by atoms with Gasteiger partial charge in [-0.15, -0.1) is 6.58 Å². The molecule has 1 fully saturated rings. The first kappa shape index (κ1) is 21.7. The fraction of sp³-hybridized carbons (Fsp3) is 0.308. The second kappa shape index (κ2) is 9.73.